The van der Waals surface area contributed by atoms with Crippen molar-refractivity contribution in [2.24, 2.45) is 0 Å². The lowest BCUT2D eigenvalue weighted by molar-refractivity contribution is 0.610. The van der Waals surface area contributed by atoms with Gasteiger partial charge >= 0.3 is 0 Å². The molecule has 1 atom stereocenters. The van der Waals surface area contributed by atoms with Gasteiger partial charge in [-0.15, -0.1) is 0 Å². The van der Waals surface area contributed by atoms with Crippen molar-refractivity contribution in [3.63, 3.8) is 0 Å². The molecule has 88 valence electrons. The third-order valence-electron chi connectivity index (χ3n) is 3.40. The maximum absolute atomic E-state index is 5.74. The molecule has 2 N–H and O–H groups in total. The molecule has 1 aliphatic rings. The summed E-state index contributed by atoms with van der Waals surface area (Å²) in [5, 5.41) is 0. The average Bonchev–Trinajstić information content (AvgIpc) is 2.44. The summed E-state index contributed by atoms with van der Waals surface area (Å²) >= 11 is 0. The summed E-state index contributed by atoms with van der Waals surface area (Å²) in [5.41, 5.74) is 7.68. The Morgan fingerprint density at radius 2 is 2.19 bits per heavy atom. The van der Waals surface area contributed by atoms with Gasteiger partial charge in [-0.3, -0.25) is 0 Å². The quantitative estimate of drug-likeness (QED) is 0.789. The van der Waals surface area contributed by atoms with Crippen molar-refractivity contribution in [3.8, 4) is 0 Å². The molecule has 0 bridgehead atoms. The summed E-state index contributed by atoms with van der Waals surface area (Å²) in [6.45, 7) is 5.51. The Morgan fingerprint density at radius 1 is 1.38 bits per heavy atom. The molecule has 1 aliphatic heterocycles. The SMILES string of the molecule is Cc1cc(N)cnc1N1CCCCCC1C. The van der Waals surface area contributed by atoms with E-state index in [1.165, 1.54) is 31.2 Å². The first-order valence-corrected chi connectivity index (χ1v) is 6.17. The molecule has 1 fully saturated rings. The summed E-state index contributed by atoms with van der Waals surface area (Å²) in [6.07, 6.45) is 6.99. The number of nitrogens with zero attached hydrogens (tertiary/aromatic N) is 2. The van der Waals surface area contributed by atoms with Crippen molar-refractivity contribution >= 4 is 11.5 Å². The summed E-state index contributed by atoms with van der Waals surface area (Å²) < 4.78 is 0. The van der Waals surface area contributed by atoms with Gasteiger partial charge in [-0.1, -0.05) is 12.8 Å². The van der Waals surface area contributed by atoms with E-state index in [1.807, 2.05) is 6.07 Å². The van der Waals surface area contributed by atoms with E-state index in [-0.39, 0.29) is 0 Å². The number of aryl methyl sites for hydroxylation is 1. The highest BCUT2D eigenvalue weighted by molar-refractivity contribution is 5.53. The van der Waals surface area contributed by atoms with Gasteiger partial charge in [0, 0.05) is 12.6 Å². The first-order valence-electron chi connectivity index (χ1n) is 6.17. The largest absolute Gasteiger partial charge is 0.397 e. The van der Waals surface area contributed by atoms with Gasteiger partial charge in [0.1, 0.15) is 5.82 Å². The number of aromatic nitrogens is 1. The zero-order valence-corrected chi connectivity index (χ0v) is 10.2. The van der Waals surface area contributed by atoms with Gasteiger partial charge in [0.25, 0.3) is 0 Å². The van der Waals surface area contributed by atoms with Crippen molar-refractivity contribution in [2.45, 2.75) is 45.6 Å². The first kappa shape index (κ1) is 11.2. The van der Waals surface area contributed by atoms with Crippen LogP contribution < -0.4 is 10.6 Å². The van der Waals surface area contributed by atoms with Crippen molar-refractivity contribution in [1.82, 2.24) is 4.98 Å². The molecule has 1 saturated heterocycles. The topological polar surface area (TPSA) is 42.1 Å². The van der Waals surface area contributed by atoms with E-state index in [4.69, 9.17) is 5.73 Å². The summed E-state index contributed by atoms with van der Waals surface area (Å²) in [5.74, 6) is 1.11. The van der Waals surface area contributed by atoms with E-state index < -0.39 is 0 Å². The third kappa shape index (κ3) is 2.29. The second kappa shape index (κ2) is 4.73. The minimum Gasteiger partial charge on any atom is -0.397 e. The Labute approximate surface area is 97.7 Å². The van der Waals surface area contributed by atoms with Gasteiger partial charge in [0.2, 0.25) is 0 Å². The van der Waals surface area contributed by atoms with E-state index in [9.17, 15) is 0 Å². The summed E-state index contributed by atoms with van der Waals surface area (Å²) in [7, 11) is 0. The molecular weight excluding hydrogens is 198 g/mol. The molecule has 16 heavy (non-hydrogen) atoms. The molecule has 0 amide bonds. The van der Waals surface area contributed by atoms with Gasteiger partial charge in [-0.25, -0.2) is 4.98 Å². The van der Waals surface area contributed by atoms with Crippen LogP contribution in [0.3, 0.4) is 0 Å². The van der Waals surface area contributed by atoms with Gasteiger partial charge in [-0.05, 0) is 38.3 Å². The molecular formula is C13H21N3. The van der Waals surface area contributed by atoms with E-state index in [1.54, 1.807) is 6.20 Å². The zero-order valence-electron chi connectivity index (χ0n) is 10.2. The fourth-order valence-corrected chi connectivity index (χ4v) is 2.48. The monoisotopic (exact) mass is 219 g/mol. The molecule has 0 saturated carbocycles. The molecule has 3 nitrogen and oxygen atoms in total. The van der Waals surface area contributed by atoms with Gasteiger partial charge < -0.3 is 10.6 Å². The highest BCUT2D eigenvalue weighted by Crippen LogP contribution is 2.25. The molecule has 0 aliphatic carbocycles. The molecule has 1 aromatic rings. The van der Waals surface area contributed by atoms with Crippen LogP contribution in [0, 0.1) is 6.92 Å². The predicted octanol–water partition coefficient (Wildman–Crippen LogP) is 2.74. The van der Waals surface area contributed by atoms with Crippen LogP contribution in [-0.2, 0) is 0 Å². The van der Waals surface area contributed by atoms with Crippen LogP contribution in [0.2, 0.25) is 0 Å². The second-order valence-corrected chi connectivity index (χ2v) is 4.80. The van der Waals surface area contributed by atoms with Crippen molar-refractivity contribution < 1.29 is 0 Å². The lowest BCUT2D eigenvalue weighted by Gasteiger charge is -2.29. The molecule has 1 aromatic heterocycles. The molecule has 2 heterocycles. The normalized spacial score (nSPS) is 21.9. The number of anilines is 2. The van der Waals surface area contributed by atoms with Crippen LogP contribution in [0.15, 0.2) is 12.3 Å². The standard InChI is InChI=1S/C13H21N3/c1-10-8-12(14)9-15-13(10)16-7-5-3-4-6-11(16)2/h8-9,11H,3-7,14H2,1-2H3. The third-order valence-corrected chi connectivity index (χ3v) is 3.40. The van der Waals surface area contributed by atoms with Crippen LogP contribution in [0.25, 0.3) is 0 Å². The van der Waals surface area contributed by atoms with Crippen LogP contribution in [0.1, 0.15) is 38.2 Å². The zero-order chi connectivity index (χ0) is 11.5. The summed E-state index contributed by atoms with van der Waals surface area (Å²) in [4.78, 5) is 6.93. The van der Waals surface area contributed by atoms with E-state index in [2.05, 4.69) is 23.7 Å². The Kier molecular flexibility index (Phi) is 3.32. The smallest absolute Gasteiger partial charge is 0.131 e. The van der Waals surface area contributed by atoms with E-state index >= 15 is 0 Å². The number of pyridine rings is 1. The lowest BCUT2D eigenvalue weighted by atomic mass is 10.1. The Bertz CT molecular complexity index is 362. The molecule has 0 spiro atoms. The van der Waals surface area contributed by atoms with Crippen LogP contribution in [-0.4, -0.2) is 17.6 Å². The number of hydrogen-bond donors (Lipinski definition) is 1. The molecule has 0 radical (unpaired) electrons. The second-order valence-electron chi connectivity index (χ2n) is 4.80. The maximum atomic E-state index is 5.74. The Balaban J connectivity index is 2.27. The van der Waals surface area contributed by atoms with Gasteiger partial charge in [-0.2, -0.15) is 0 Å². The van der Waals surface area contributed by atoms with Crippen molar-refractivity contribution in [2.75, 3.05) is 17.2 Å². The lowest BCUT2D eigenvalue weighted by Crippen LogP contribution is -2.33. The van der Waals surface area contributed by atoms with E-state index in [0.717, 1.165) is 18.1 Å². The predicted molar refractivity (Wildman–Crippen MR) is 68.7 cm³/mol. The van der Waals surface area contributed by atoms with Crippen molar-refractivity contribution in [3.05, 3.63) is 17.8 Å². The maximum Gasteiger partial charge on any atom is 0.131 e. The van der Waals surface area contributed by atoms with Gasteiger partial charge in [0.05, 0.1) is 11.9 Å². The first-order chi connectivity index (χ1) is 7.68. The van der Waals surface area contributed by atoms with Crippen LogP contribution >= 0.6 is 0 Å². The Morgan fingerprint density at radius 3 is 2.94 bits per heavy atom. The fraction of sp³-hybridized carbons (Fsp3) is 0.615. The highest BCUT2D eigenvalue weighted by atomic mass is 15.2. The summed E-state index contributed by atoms with van der Waals surface area (Å²) in [6, 6.07) is 2.61. The van der Waals surface area contributed by atoms with Crippen molar-refractivity contribution in [1.29, 1.82) is 0 Å². The Hall–Kier alpha value is -1.25. The number of hydrogen-bond acceptors (Lipinski definition) is 3. The molecule has 3 heteroatoms. The highest BCUT2D eigenvalue weighted by Gasteiger charge is 2.19. The molecule has 2 rings (SSSR count). The number of nitrogen functional groups attached to an aromatic ring is 1. The van der Waals surface area contributed by atoms with Crippen LogP contribution in [0.4, 0.5) is 11.5 Å². The number of rotatable bonds is 1. The average molecular weight is 219 g/mol. The number of nitrogens with two attached hydrogens (primary N) is 1. The minimum absolute atomic E-state index is 0.595. The van der Waals surface area contributed by atoms with Gasteiger partial charge in [0.15, 0.2) is 0 Å². The van der Waals surface area contributed by atoms with Crippen LogP contribution in [0.5, 0.6) is 0 Å². The molecule has 0 aromatic carbocycles. The van der Waals surface area contributed by atoms with E-state index in [0.29, 0.717) is 6.04 Å². The fourth-order valence-electron chi connectivity index (χ4n) is 2.48. The minimum atomic E-state index is 0.595. The molecule has 1 unspecified atom stereocenters.